The minimum Gasteiger partial charge on any atom is -0.381 e. The Hall–Kier alpha value is -2.70. The molecule has 3 heterocycles. The molecule has 7 heteroatoms. The second-order valence-electron chi connectivity index (χ2n) is 10.8. The minimum atomic E-state index is -0.104. The molecule has 35 heavy (non-hydrogen) atoms. The average Bonchev–Trinajstić information content (AvgIpc) is 3.65. The van der Waals surface area contributed by atoms with Crippen LogP contribution >= 0.6 is 11.6 Å². The summed E-state index contributed by atoms with van der Waals surface area (Å²) in [6, 6.07) is 8.27. The summed E-state index contributed by atoms with van der Waals surface area (Å²) in [5.41, 5.74) is 14.2. The lowest BCUT2D eigenvalue weighted by Gasteiger charge is -2.42. The largest absolute Gasteiger partial charge is 0.381 e. The second kappa shape index (κ2) is 8.75. The smallest absolute Gasteiger partial charge is 0.225 e. The maximum atomic E-state index is 12.5. The Bertz CT molecular complexity index is 1180. The molecule has 1 saturated heterocycles. The van der Waals surface area contributed by atoms with Crippen LogP contribution in [0.25, 0.3) is 0 Å². The number of nitrogens with one attached hydrogen (secondary N) is 3. The van der Waals surface area contributed by atoms with Gasteiger partial charge in [0.25, 0.3) is 0 Å². The fourth-order valence-corrected chi connectivity index (χ4v) is 6.32. The van der Waals surface area contributed by atoms with Crippen LogP contribution in [0.2, 0.25) is 5.02 Å². The summed E-state index contributed by atoms with van der Waals surface area (Å²) in [6.07, 6.45) is 12.0. The molecular formula is C28H34ClN5O. The van der Waals surface area contributed by atoms with Crippen molar-refractivity contribution in [1.82, 2.24) is 20.9 Å². The lowest BCUT2D eigenvalue weighted by atomic mass is 9.66. The highest BCUT2D eigenvalue weighted by atomic mass is 35.5. The predicted molar refractivity (Wildman–Crippen MR) is 140 cm³/mol. The summed E-state index contributed by atoms with van der Waals surface area (Å²) in [7, 11) is 0. The van der Waals surface area contributed by atoms with Crippen molar-refractivity contribution in [3.8, 4) is 0 Å². The molecule has 1 amide bonds. The van der Waals surface area contributed by atoms with Crippen molar-refractivity contribution in [2.45, 2.75) is 52.0 Å². The SMILES string of the molecule is CC1=C2C3=CC=C(C4=CCN(C(=O)C5CC5)CC4)CC3(C)C(Nc3cccc(Cl)c3)CCN2NN1. The van der Waals surface area contributed by atoms with Crippen molar-refractivity contribution in [3.63, 3.8) is 0 Å². The number of hydrogen-bond acceptors (Lipinski definition) is 5. The molecule has 1 aromatic rings. The predicted octanol–water partition coefficient (Wildman–Crippen LogP) is 4.91. The molecule has 1 saturated carbocycles. The van der Waals surface area contributed by atoms with E-state index in [0.29, 0.717) is 11.8 Å². The Morgan fingerprint density at radius 2 is 2.03 bits per heavy atom. The van der Waals surface area contributed by atoms with E-state index in [9.17, 15) is 4.79 Å². The van der Waals surface area contributed by atoms with Gasteiger partial charge in [-0.3, -0.25) is 9.80 Å². The first-order valence-corrected chi connectivity index (χ1v) is 13.2. The number of hydrogen-bond donors (Lipinski definition) is 3. The van der Waals surface area contributed by atoms with E-state index in [1.165, 1.54) is 22.4 Å². The topological polar surface area (TPSA) is 59.6 Å². The second-order valence-corrected chi connectivity index (χ2v) is 11.2. The molecule has 6 nitrogen and oxygen atoms in total. The van der Waals surface area contributed by atoms with Crippen LogP contribution in [-0.4, -0.2) is 41.5 Å². The number of carbonyl (C=O) groups is 1. The highest BCUT2D eigenvalue weighted by Crippen LogP contribution is 2.50. The molecule has 2 aliphatic carbocycles. The number of amides is 1. The van der Waals surface area contributed by atoms with Crippen molar-refractivity contribution in [2.24, 2.45) is 11.3 Å². The minimum absolute atomic E-state index is 0.104. The molecule has 6 rings (SSSR count). The number of carbonyl (C=O) groups excluding carboxylic acids is 1. The van der Waals surface area contributed by atoms with Gasteiger partial charge in [-0.25, -0.2) is 0 Å². The highest BCUT2D eigenvalue weighted by Gasteiger charge is 2.46. The highest BCUT2D eigenvalue weighted by molar-refractivity contribution is 6.30. The molecule has 5 aliphatic rings. The van der Waals surface area contributed by atoms with Crippen LogP contribution in [0.5, 0.6) is 0 Å². The molecule has 2 unspecified atom stereocenters. The van der Waals surface area contributed by atoms with Crippen molar-refractivity contribution in [3.05, 3.63) is 75.6 Å². The van der Waals surface area contributed by atoms with Crippen LogP contribution in [0.1, 0.15) is 46.0 Å². The first-order chi connectivity index (χ1) is 16.9. The van der Waals surface area contributed by atoms with E-state index in [2.05, 4.69) is 59.4 Å². The van der Waals surface area contributed by atoms with Gasteiger partial charge in [-0.2, -0.15) is 0 Å². The first-order valence-electron chi connectivity index (χ1n) is 12.8. The number of hydrazine groups is 2. The molecule has 2 fully saturated rings. The average molecular weight is 492 g/mol. The molecular weight excluding hydrogens is 458 g/mol. The van der Waals surface area contributed by atoms with Gasteiger partial charge < -0.3 is 15.6 Å². The van der Waals surface area contributed by atoms with Crippen molar-refractivity contribution < 1.29 is 4.79 Å². The van der Waals surface area contributed by atoms with Crippen molar-refractivity contribution in [1.29, 1.82) is 0 Å². The Morgan fingerprint density at radius 3 is 2.77 bits per heavy atom. The van der Waals surface area contributed by atoms with Gasteiger partial charge in [0.15, 0.2) is 0 Å². The zero-order chi connectivity index (χ0) is 24.2. The maximum Gasteiger partial charge on any atom is 0.225 e. The molecule has 3 aliphatic heterocycles. The number of fused-ring (bicyclic) bond motifs is 3. The van der Waals surface area contributed by atoms with E-state index < -0.39 is 0 Å². The van der Waals surface area contributed by atoms with Crippen LogP contribution in [-0.2, 0) is 4.79 Å². The maximum absolute atomic E-state index is 12.5. The van der Waals surface area contributed by atoms with Gasteiger partial charge in [0, 0.05) is 53.4 Å². The van der Waals surface area contributed by atoms with E-state index in [4.69, 9.17) is 11.6 Å². The number of halogens is 1. The van der Waals surface area contributed by atoms with Crippen molar-refractivity contribution in [2.75, 3.05) is 25.0 Å². The summed E-state index contributed by atoms with van der Waals surface area (Å²) in [6.45, 7) is 7.03. The van der Waals surface area contributed by atoms with Crippen molar-refractivity contribution >= 4 is 23.2 Å². The van der Waals surface area contributed by atoms with Gasteiger partial charge in [0.1, 0.15) is 0 Å². The van der Waals surface area contributed by atoms with E-state index >= 15 is 0 Å². The van der Waals surface area contributed by atoms with Gasteiger partial charge in [-0.05, 0) is 73.9 Å². The summed E-state index contributed by atoms with van der Waals surface area (Å²) in [5, 5.41) is 6.84. The molecule has 2 atom stereocenters. The molecule has 184 valence electrons. The lowest BCUT2D eigenvalue weighted by molar-refractivity contribution is -0.132. The van der Waals surface area contributed by atoms with E-state index in [1.54, 1.807) is 0 Å². The van der Waals surface area contributed by atoms with Crippen LogP contribution in [0, 0.1) is 11.3 Å². The Kier molecular flexibility index (Phi) is 5.69. The first kappa shape index (κ1) is 22.7. The quantitative estimate of drug-likeness (QED) is 0.558. The summed E-state index contributed by atoms with van der Waals surface area (Å²) >= 11 is 6.32. The van der Waals surface area contributed by atoms with Gasteiger partial charge in [0.2, 0.25) is 5.91 Å². The third-order valence-corrected chi connectivity index (χ3v) is 8.55. The number of benzene rings is 1. The van der Waals surface area contributed by atoms with Gasteiger partial charge in [-0.1, -0.05) is 42.8 Å². The number of rotatable bonds is 4. The standard InChI is InChI=1S/C28H34ClN5O/c1-18-26-24-9-8-21(19-10-13-33(14-11-19)27(35)20-6-7-20)17-28(24,2)25(12-15-34(26)32-31-18)30-23-5-3-4-22(29)16-23/h3-5,8-10,16,20,25,30-32H,6-7,11-15,17H2,1-2H3. The monoisotopic (exact) mass is 491 g/mol. The van der Waals surface area contributed by atoms with Gasteiger partial charge in [-0.15, -0.1) is 5.53 Å². The zero-order valence-electron chi connectivity index (χ0n) is 20.5. The molecule has 0 radical (unpaired) electrons. The fourth-order valence-electron chi connectivity index (χ4n) is 6.13. The van der Waals surface area contributed by atoms with Gasteiger partial charge in [0.05, 0.1) is 5.70 Å². The summed E-state index contributed by atoms with van der Waals surface area (Å²) in [5.74, 6) is 0.644. The zero-order valence-corrected chi connectivity index (χ0v) is 21.3. The summed E-state index contributed by atoms with van der Waals surface area (Å²) in [4.78, 5) is 14.6. The van der Waals surface area contributed by atoms with Crippen LogP contribution in [0.3, 0.4) is 0 Å². The van der Waals surface area contributed by atoms with E-state index in [-0.39, 0.29) is 11.5 Å². The summed E-state index contributed by atoms with van der Waals surface area (Å²) < 4.78 is 0. The molecule has 1 aromatic carbocycles. The molecule has 0 spiro atoms. The Balaban J connectivity index is 1.32. The third kappa shape index (κ3) is 4.17. The molecule has 3 N–H and O–H groups in total. The lowest BCUT2D eigenvalue weighted by Crippen LogP contribution is -2.42. The van der Waals surface area contributed by atoms with Gasteiger partial charge >= 0.3 is 0 Å². The Morgan fingerprint density at radius 1 is 1.17 bits per heavy atom. The number of allylic oxidation sites excluding steroid dienone is 5. The number of anilines is 1. The van der Waals surface area contributed by atoms with E-state index in [0.717, 1.165) is 68.1 Å². The normalized spacial score (nSPS) is 28.3. The molecule has 0 bridgehead atoms. The molecule has 0 aromatic heterocycles. The van der Waals surface area contributed by atoms with Crippen LogP contribution in [0.4, 0.5) is 5.69 Å². The van der Waals surface area contributed by atoms with Crippen LogP contribution in [0.15, 0.2) is 70.6 Å². The fraction of sp³-hybridized carbons (Fsp3) is 0.464. The third-order valence-electron chi connectivity index (χ3n) is 8.32. The number of nitrogens with zero attached hydrogens (tertiary/aromatic N) is 2. The van der Waals surface area contributed by atoms with E-state index in [1.807, 2.05) is 23.1 Å². The Labute approximate surface area is 212 Å². The van der Waals surface area contributed by atoms with Crippen LogP contribution < -0.4 is 16.3 Å².